The lowest BCUT2D eigenvalue weighted by atomic mass is 9.92. The highest BCUT2D eigenvalue weighted by Gasteiger charge is 2.12. The molecule has 35 heavy (non-hydrogen) atoms. The minimum atomic E-state index is -0.274. The molecule has 4 unspecified atom stereocenters. The lowest BCUT2D eigenvalue weighted by molar-refractivity contribution is -0.0916. The molecule has 0 aliphatic rings. The number of rotatable bonds is 15. The molecule has 0 heterocycles. The quantitative estimate of drug-likeness (QED) is 0.120. The van der Waals surface area contributed by atoms with Crippen LogP contribution in [0.4, 0.5) is 0 Å². The second kappa shape index (κ2) is 14.5. The van der Waals surface area contributed by atoms with Crippen molar-refractivity contribution in [3.63, 3.8) is 0 Å². The van der Waals surface area contributed by atoms with Crippen LogP contribution in [0.5, 0.6) is 11.5 Å². The van der Waals surface area contributed by atoms with Crippen molar-refractivity contribution in [2.45, 2.75) is 84.1 Å². The van der Waals surface area contributed by atoms with Gasteiger partial charge in [0.2, 0.25) is 0 Å². The summed E-state index contributed by atoms with van der Waals surface area (Å²) in [4.78, 5) is 0. The fraction of sp³-hybridized carbons (Fsp3) is 0.484. The van der Waals surface area contributed by atoms with Gasteiger partial charge in [-0.2, -0.15) is 0 Å². The third kappa shape index (κ3) is 8.51. The number of hydrogen-bond acceptors (Lipinski definition) is 3. The average molecular weight is 495 g/mol. The molecule has 0 aliphatic carbocycles. The normalized spacial score (nSPS) is 14.0. The van der Waals surface area contributed by atoms with E-state index in [2.05, 4.69) is 91.5 Å². The Morgan fingerprint density at radius 3 is 2.11 bits per heavy atom. The van der Waals surface area contributed by atoms with Crippen molar-refractivity contribution in [1.29, 1.82) is 0 Å². The first-order chi connectivity index (χ1) is 17.0. The molecule has 4 heteroatoms. The number of unbranched alkanes of at least 4 members (excludes halogenated alkanes) is 1. The van der Waals surface area contributed by atoms with E-state index < -0.39 is 0 Å². The Kier molecular flexibility index (Phi) is 11.4. The smallest absolute Gasteiger partial charge is 0.199 e. The Bertz CT molecular complexity index is 1020. The molecule has 4 atom stereocenters. The van der Waals surface area contributed by atoms with Gasteiger partial charge in [0.05, 0.1) is 6.61 Å². The molecule has 0 spiro atoms. The molecular formula is C31H43O3P. The second-order valence-corrected chi connectivity index (χ2v) is 10.4. The average Bonchev–Trinajstić information content (AvgIpc) is 2.88. The monoisotopic (exact) mass is 494 g/mol. The molecule has 0 bridgehead atoms. The van der Waals surface area contributed by atoms with Gasteiger partial charge in [0.25, 0.3) is 0 Å². The molecule has 3 nitrogen and oxygen atoms in total. The van der Waals surface area contributed by atoms with E-state index in [0.29, 0.717) is 24.8 Å². The van der Waals surface area contributed by atoms with Gasteiger partial charge in [-0.05, 0) is 77.0 Å². The second-order valence-electron chi connectivity index (χ2n) is 9.43. The zero-order chi connectivity index (χ0) is 25.0. The van der Waals surface area contributed by atoms with E-state index in [0.717, 1.165) is 30.8 Å². The molecule has 0 aliphatic heterocycles. The zero-order valence-electron chi connectivity index (χ0n) is 22.0. The molecule has 0 fully saturated rings. The van der Waals surface area contributed by atoms with Crippen molar-refractivity contribution in [3.8, 4) is 11.5 Å². The maximum absolute atomic E-state index is 6.25. The summed E-state index contributed by atoms with van der Waals surface area (Å²) in [6, 6.07) is 21.5. The molecule has 0 radical (unpaired) electrons. The highest BCUT2D eigenvalue weighted by atomic mass is 31.0. The molecule has 0 N–H and O–H groups in total. The van der Waals surface area contributed by atoms with E-state index in [1.807, 2.05) is 6.07 Å². The van der Waals surface area contributed by atoms with Crippen molar-refractivity contribution >= 4 is 20.0 Å². The van der Waals surface area contributed by atoms with E-state index in [9.17, 15) is 0 Å². The minimum absolute atomic E-state index is 0.274. The molecule has 0 saturated carbocycles. The fourth-order valence-electron chi connectivity index (χ4n) is 4.43. The van der Waals surface area contributed by atoms with Crippen LogP contribution in [-0.4, -0.2) is 19.5 Å². The molecular weight excluding hydrogens is 451 g/mol. The highest BCUT2D eigenvalue weighted by molar-refractivity contribution is 7.17. The maximum atomic E-state index is 6.25. The van der Waals surface area contributed by atoms with Gasteiger partial charge in [0, 0.05) is 6.42 Å². The molecule has 3 aromatic carbocycles. The van der Waals surface area contributed by atoms with E-state index >= 15 is 0 Å². The summed E-state index contributed by atoms with van der Waals surface area (Å²) in [5, 5.41) is 2.41. The summed E-state index contributed by atoms with van der Waals surface area (Å²) in [7, 11) is 2.86. The van der Waals surface area contributed by atoms with Crippen LogP contribution in [0.1, 0.15) is 88.9 Å². The first-order valence-corrected chi connectivity index (χ1v) is 14.0. The lowest BCUT2D eigenvalue weighted by Crippen LogP contribution is -2.23. The number of fused-ring (bicyclic) bond motifs is 1. The maximum Gasteiger partial charge on any atom is 0.199 e. The first kappa shape index (κ1) is 27.5. The SMILES string of the molecule is CCCCC(OCCOc1ccc(C(CC)CCC)cc1)Oc1ccc2cc(C(C)P)ccc2c1. The van der Waals surface area contributed by atoms with E-state index in [4.69, 9.17) is 14.2 Å². The van der Waals surface area contributed by atoms with Crippen molar-refractivity contribution < 1.29 is 14.2 Å². The predicted octanol–water partition coefficient (Wildman–Crippen LogP) is 9.06. The van der Waals surface area contributed by atoms with Crippen LogP contribution in [0, 0.1) is 0 Å². The third-order valence-electron chi connectivity index (χ3n) is 6.56. The molecule has 0 saturated heterocycles. The van der Waals surface area contributed by atoms with Crippen LogP contribution >= 0.6 is 9.24 Å². The number of ether oxygens (including phenoxy) is 3. The fourth-order valence-corrected chi connectivity index (χ4v) is 4.64. The van der Waals surface area contributed by atoms with Crippen molar-refractivity contribution in [1.82, 2.24) is 0 Å². The molecule has 0 aromatic heterocycles. The van der Waals surface area contributed by atoms with Gasteiger partial charge in [0.1, 0.15) is 18.1 Å². The number of benzene rings is 3. The van der Waals surface area contributed by atoms with Crippen LogP contribution in [0.2, 0.25) is 0 Å². The Hall–Kier alpha value is -2.09. The largest absolute Gasteiger partial charge is 0.491 e. The van der Waals surface area contributed by atoms with Gasteiger partial charge < -0.3 is 14.2 Å². The van der Waals surface area contributed by atoms with E-state index in [1.54, 1.807) is 0 Å². The van der Waals surface area contributed by atoms with E-state index in [1.165, 1.54) is 41.2 Å². The summed E-state index contributed by atoms with van der Waals surface area (Å²) < 4.78 is 18.3. The standard InChI is InChI=1S/C31H43O3P/c1-5-8-10-31(34-30-18-15-27-21-26(23(4)35)11-12-28(27)22-30)33-20-19-32-29-16-13-25(14-17-29)24(7-3)9-6-2/h11-18,21-24,31H,5-10,19-20,35H2,1-4H3. The van der Waals surface area contributed by atoms with Crippen LogP contribution < -0.4 is 9.47 Å². The Balaban J connectivity index is 1.53. The predicted molar refractivity (Wildman–Crippen MR) is 152 cm³/mol. The molecule has 0 amide bonds. The molecule has 3 aromatic rings. The summed E-state index contributed by atoms with van der Waals surface area (Å²) in [5.74, 6) is 2.38. The van der Waals surface area contributed by atoms with Gasteiger partial charge in [-0.15, -0.1) is 9.24 Å². The Labute approximate surface area is 214 Å². The van der Waals surface area contributed by atoms with E-state index in [-0.39, 0.29) is 6.29 Å². The summed E-state index contributed by atoms with van der Waals surface area (Å²) in [6.45, 7) is 9.89. The lowest BCUT2D eigenvalue weighted by Gasteiger charge is -2.20. The zero-order valence-corrected chi connectivity index (χ0v) is 23.1. The van der Waals surface area contributed by atoms with Crippen molar-refractivity contribution in [3.05, 3.63) is 71.8 Å². The van der Waals surface area contributed by atoms with Gasteiger partial charge in [0.15, 0.2) is 6.29 Å². The minimum Gasteiger partial charge on any atom is -0.491 e. The Morgan fingerprint density at radius 2 is 1.43 bits per heavy atom. The van der Waals surface area contributed by atoms with Crippen LogP contribution in [0.3, 0.4) is 0 Å². The highest BCUT2D eigenvalue weighted by Crippen LogP contribution is 2.29. The topological polar surface area (TPSA) is 27.7 Å². The van der Waals surface area contributed by atoms with Crippen molar-refractivity contribution in [2.75, 3.05) is 13.2 Å². The van der Waals surface area contributed by atoms with Crippen molar-refractivity contribution in [2.24, 2.45) is 0 Å². The van der Waals surface area contributed by atoms with Gasteiger partial charge >= 0.3 is 0 Å². The summed E-state index contributed by atoms with van der Waals surface area (Å²) >= 11 is 0. The van der Waals surface area contributed by atoms with Crippen LogP contribution in [-0.2, 0) is 4.74 Å². The Morgan fingerprint density at radius 1 is 0.743 bits per heavy atom. The van der Waals surface area contributed by atoms with Crippen LogP contribution in [0.15, 0.2) is 60.7 Å². The van der Waals surface area contributed by atoms with Gasteiger partial charge in [-0.1, -0.05) is 76.9 Å². The first-order valence-electron chi connectivity index (χ1n) is 13.3. The molecule has 3 rings (SSSR count). The molecule has 190 valence electrons. The van der Waals surface area contributed by atoms with Gasteiger partial charge in [-0.3, -0.25) is 0 Å². The van der Waals surface area contributed by atoms with Gasteiger partial charge in [-0.25, -0.2) is 0 Å². The summed E-state index contributed by atoms with van der Waals surface area (Å²) in [6.07, 6.45) is 6.39. The van der Waals surface area contributed by atoms with Crippen LogP contribution in [0.25, 0.3) is 10.8 Å². The number of hydrogen-bond donors (Lipinski definition) is 0. The third-order valence-corrected chi connectivity index (χ3v) is 6.94. The summed E-state index contributed by atoms with van der Waals surface area (Å²) in [5.41, 5.74) is 3.17.